The summed E-state index contributed by atoms with van der Waals surface area (Å²) in [5, 5.41) is 0. The molecule has 150 valence electrons. The molecule has 2 aromatic rings. The minimum Gasteiger partial charge on any atom is -0.493 e. The molecule has 1 atom stereocenters. The largest absolute Gasteiger partial charge is 0.493 e. The number of hydrogen-bond donors (Lipinski definition) is 1. The molecule has 1 aromatic carbocycles. The van der Waals surface area contributed by atoms with Crippen LogP contribution >= 0.6 is 0 Å². The molecule has 0 bridgehead atoms. The van der Waals surface area contributed by atoms with Gasteiger partial charge in [-0.3, -0.25) is 4.79 Å². The van der Waals surface area contributed by atoms with Crippen molar-refractivity contribution in [2.45, 2.75) is 32.6 Å². The molecular formula is C21H25NO6. The summed E-state index contributed by atoms with van der Waals surface area (Å²) in [6.45, 7) is 3.81. The van der Waals surface area contributed by atoms with Crippen molar-refractivity contribution < 1.29 is 28.5 Å². The number of ether oxygens (including phenoxy) is 4. The summed E-state index contributed by atoms with van der Waals surface area (Å²) in [4.78, 5) is 28.1. The van der Waals surface area contributed by atoms with Crippen LogP contribution in [0.4, 0.5) is 0 Å². The van der Waals surface area contributed by atoms with Crippen LogP contribution in [0.5, 0.6) is 17.2 Å². The maximum Gasteiger partial charge on any atom is 0.355 e. The zero-order chi connectivity index (χ0) is 20.4. The number of esters is 1. The Kier molecular flexibility index (Phi) is 5.63. The van der Waals surface area contributed by atoms with Crippen LogP contribution in [0.1, 0.15) is 56.9 Å². The number of aromatic amines is 1. The van der Waals surface area contributed by atoms with E-state index >= 15 is 0 Å². The lowest BCUT2D eigenvalue weighted by atomic mass is 9.81. The van der Waals surface area contributed by atoms with E-state index in [0.717, 1.165) is 11.3 Å². The zero-order valence-electron chi connectivity index (χ0n) is 16.8. The lowest BCUT2D eigenvalue weighted by Crippen LogP contribution is -2.19. The molecule has 0 saturated carbocycles. The molecule has 0 saturated heterocycles. The van der Waals surface area contributed by atoms with Gasteiger partial charge in [-0.05, 0) is 49.4 Å². The smallest absolute Gasteiger partial charge is 0.355 e. The molecular weight excluding hydrogens is 362 g/mol. The summed E-state index contributed by atoms with van der Waals surface area (Å²) in [5.41, 5.74) is 3.29. The summed E-state index contributed by atoms with van der Waals surface area (Å²) in [6, 6.07) is 3.73. The Morgan fingerprint density at radius 1 is 1.11 bits per heavy atom. The van der Waals surface area contributed by atoms with Gasteiger partial charge in [0.15, 0.2) is 17.3 Å². The second-order valence-corrected chi connectivity index (χ2v) is 6.69. The van der Waals surface area contributed by atoms with Crippen molar-refractivity contribution in [3.63, 3.8) is 0 Å². The van der Waals surface area contributed by atoms with E-state index in [-0.39, 0.29) is 18.3 Å². The first-order chi connectivity index (χ1) is 13.4. The summed E-state index contributed by atoms with van der Waals surface area (Å²) >= 11 is 0. The summed E-state index contributed by atoms with van der Waals surface area (Å²) in [7, 11) is 4.67. The Labute approximate surface area is 163 Å². The lowest BCUT2D eigenvalue weighted by Gasteiger charge is -2.24. The molecule has 0 radical (unpaired) electrons. The van der Waals surface area contributed by atoms with E-state index in [9.17, 15) is 9.59 Å². The van der Waals surface area contributed by atoms with Gasteiger partial charge in [-0.15, -0.1) is 0 Å². The minimum atomic E-state index is -0.438. The van der Waals surface area contributed by atoms with Crippen LogP contribution in [-0.2, 0) is 11.2 Å². The monoisotopic (exact) mass is 387 g/mol. The van der Waals surface area contributed by atoms with Gasteiger partial charge < -0.3 is 23.9 Å². The number of H-pyrrole nitrogens is 1. The number of fused-ring (bicyclic) bond motifs is 1. The van der Waals surface area contributed by atoms with Crippen LogP contribution in [0.2, 0.25) is 0 Å². The molecule has 7 heteroatoms. The molecule has 3 rings (SSSR count). The third-order valence-electron chi connectivity index (χ3n) is 5.13. The van der Waals surface area contributed by atoms with Gasteiger partial charge in [0.2, 0.25) is 5.75 Å². The first-order valence-corrected chi connectivity index (χ1v) is 9.16. The average molecular weight is 387 g/mol. The summed E-state index contributed by atoms with van der Waals surface area (Å²) in [6.07, 6.45) is 0.937. The quantitative estimate of drug-likeness (QED) is 0.764. The molecule has 1 N–H and O–H groups in total. The Morgan fingerprint density at radius 2 is 1.75 bits per heavy atom. The molecule has 7 nitrogen and oxygen atoms in total. The van der Waals surface area contributed by atoms with E-state index in [1.165, 1.54) is 0 Å². The number of carbonyl (C=O) groups excluding carboxylic acids is 2. The second kappa shape index (κ2) is 7.96. The highest BCUT2D eigenvalue weighted by Gasteiger charge is 2.33. The van der Waals surface area contributed by atoms with E-state index < -0.39 is 5.97 Å². The summed E-state index contributed by atoms with van der Waals surface area (Å²) < 4.78 is 21.3. The number of benzene rings is 1. The van der Waals surface area contributed by atoms with Crippen LogP contribution in [-0.4, -0.2) is 44.7 Å². The zero-order valence-corrected chi connectivity index (χ0v) is 16.8. The first-order valence-electron chi connectivity index (χ1n) is 9.16. The first kappa shape index (κ1) is 19.8. The fourth-order valence-electron chi connectivity index (χ4n) is 3.81. The van der Waals surface area contributed by atoms with E-state index in [4.69, 9.17) is 18.9 Å². The number of rotatable bonds is 6. The fourth-order valence-corrected chi connectivity index (χ4v) is 3.81. The third kappa shape index (κ3) is 3.32. The number of aromatic nitrogens is 1. The van der Waals surface area contributed by atoms with E-state index in [0.29, 0.717) is 46.9 Å². The molecule has 0 amide bonds. The Hall–Kier alpha value is -2.96. The Balaban J connectivity index is 1.99. The SMILES string of the molecule is CCOC(=O)c1[nH]c2c(c1C)C(=O)C[C@H](c1cc(OC)c(OC)c(OC)c1)C2. The Bertz CT molecular complexity index is 889. The third-order valence-corrected chi connectivity index (χ3v) is 5.13. The van der Waals surface area contributed by atoms with Crippen LogP contribution in [0, 0.1) is 6.92 Å². The van der Waals surface area contributed by atoms with Crippen molar-refractivity contribution in [2.75, 3.05) is 27.9 Å². The standard InChI is InChI=1S/C21H25NO6/c1-6-28-21(24)19-11(2)18-14(22-19)7-12(8-15(18)23)13-9-16(25-3)20(27-5)17(10-13)26-4/h9-10,12,22H,6-8H2,1-5H3/t12-/m1/s1. The molecule has 1 heterocycles. The van der Waals surface area contributed by atoms with Crippen LogP contribution < -0.4 is 14.2 Å². The number of carbonyl (C=O) groups is 2. The molecule has 1 aliphatic carbocycles. The molecule has 1 aliphatic rings. The van der Waals surface area contributed by atoms with Crippen molar-refractivity contribution in [1.82, 2.24) is 4.98 Å². The van der Waals surface area contributed by atoms with Crippen molar-refractivity contribution in [3.8, 4) is 17.2 Å². The van der Waals surface area contributed by atoms with E-state index in [2.05, 4.69) is 4.98 Å². The number of ketones is 1. The molecule has 0 fully saturated rings. The maximum atomic E-state index is 12.9. The van der Waals surface area contributed by atoms with Gasteiger partial charge in [-0.25, -0.2) is 4.79 Å². The van der Waals surface area contributed by atoms with E-state index in [1.54, 1.807) is 35.2 Å². The molecule has 1 aromatic heterocycles. The molecule has 0 unspecified atom stereocenters. The van der Waals surface area contributed by atoms with Crippen molar-refractivity contribution in [3.05, 3.63) is 40.2 Å². The molecule has 0 aliphatic heterocycles. The molecule has 0 spiro atoms. The van der Waals surface area contributed by atoms with Gasteiger partial charge in [0.05, 0.1) is 27.9 Å². The van der Waals surface area contributed by atoms with Crippen molar-refractivity contribution in [2.24, 2.45) is 0 Å². The number of hydrogen-bond acceptors (Lipinski definition) is 6. The van der Waals surface area contributed by atoms with Gasteiger partial charge in [-0.1, -0.05) is 0 Å². The number of nitrogens with one attached hydrogen (secondary N) is 1. The van der Waals surface area contributed by atoms with Gasteiger partial charge in [-0.2, -0.15) is 0 Å². The highest BCUT2D eigenvalue weighted by Crippen LogP contribution is 2.43. The van der Waals surface area contributed by atoms with Gasteiger partial charge in [0.1, 0.15) is 5.69 Å². The van der Waals surface area contributed by atoms with Gasteiger partial charge in [0, 0.05) is 17.7 Å². The normalized spacial score (nSPS) is 15.8. The number of methoxy groups -OCH3 is 3. The van der Waals surface area contributed by atoms with Crippen LogP contribution in [0.15, 0.2) is 12.1 Å². The fraction of sp³-hybridized carbons (Fsp3) is 0.429. The highest BCUT2D eigenvalue weighted by atomic mass is 16.5. The molecule has 28 heavy (non-hydrogen) atoms. The lowest BCUT2D eigenvalue weighted by molar-refractivity contribution is 0.0519. The van der Waals surface area contributed by atoms with Gasteiger partial charge >= 0.3 is 5.97 Å². The maximum absolute atomic E-state index is 12.9. The topological polar surface area (TPSA) is 86.9 Å². The highest BCUT2D eigenvalue weighted by molar-refractivity contribution is 6.03. The van der Waals surface area contributed by atoms with Crippen LogP contribution in [0.3, 0.4) is 0 Å². The minimum absolute atomic E-state index is 0.00398. The van der Waals surface area contributed by atoms with Crippen molar-refractivity contribution >= 4 is 11.8 Å². The van der Waals surface area contributed by atoms with Crippen LogP contribution in [0.25, 0.3) is 0 Å². The summed E-state index contributed by atoms with van der Waals surface area (Å²) in [5.74, 6) is 1.10. The second-order valence-electron chi connectivity index (χ2n) is 6.69. The van der Waals surface area contributed by atoms with Crippen molar-refractivity contribution in [1.29, 1.82) is 0 Å². The predicted octanol–water partition coefficient (Wildman–Crippen LogP) is 3.44. The predicted molar refractivity (Wildman–Crippen MR) is 103 cm³/mol. The van der Waals surface area contributed by atoms with Gasteiger partial charge in [0.25, 0.3) is 0 Å². The number of Topliss-reactive ketones (excluding diaryl/α,β-unsaturated/α-hetero) is 1. The average Bonchev–Trinajstić information content (AvgIpc) is 3.03. The van der Waals surface area contributed by atoms with E-state index in [1.807, 2.05) is 12.1 Å². The Morgan fingerprint density at radius 3 is 2.29 bits per heavy atom.